The Kier molecular flexibility index (Phi) is 7.31. The van der Waals surface area contributed by atoms with Crippen molar-refractivity contribution in [1.82, 2.24) is 5.32 Å². The smallest absolute Gasteiger partial charge is 0.234 e. The number of hydrogen-bond acceptors (Lipinski definition) is 4. The van der Waals surface area contributed by atoms with Gasteiger partial charge in [0.05, 0.1) is 6.07 Å². The summed E-state index contributed by atoms with van der Waals surface area (Å²) in [6.45, 7) is 5.09. The molecule has 2 rings (SSSR count). The van der Waals surface area contributed by atoms with Crippen molar-refractivity contribution in [2.45, 2.75) is 26.8 Å². The molecular formula is C20H21ClN2O3. The van der Waals surface area contributed by atoms with Crippen LogP contribution in [0.15, 0.2) is 36.4 Å². The molecule has 0 aliphatic heterocycles. The van der Waals surface area contributed by atoms with Crippen LogP contribution < -0.4 is 14.8 Å². The molecule has 1 N–H and O–H groups in total. The molecule has 0 unspecified atom stereocenters. The van der Waals surface area contributed by atoms with Crippen LogP contribution in [-0.4, -0.2) is 19.1 Å². The number of nitrogens with one attached hydrogen (secondary N) is 1. The molecule has 5 nitrogen and oxygen atoms in total. The maximum absolute atomic E-state index is 11.5. The molecule has 0 bridgehead atoms. The highest BCUT2D eigenvalue weighted by molar-refractivity contribution is 6.30. The molecule has 0 radical (unpaired) electrons. The lowest BCUT2D eigenvalue weighted by Gasteiger charge is -2.13. The highest BCUT2D eigenvalue weighted by Gasteiger charge is 2.08. The molecule has 0 spiro atoms. The van der Waals surface area contributed by atoms with Gasteiger partial charge < -0.3 is 14.8 Å². The number of nitrogens with zero attached hydrogens (tertiary/aromatic N) is 1. The van der Waals surface area contributed by atoms with Gasteiger partial charge >= 0.3 is 0 Å². The van der Waals surface area contributed by atoms with E-state index in [-0.39, 0.29) is 18.9 Å². The third kappa shape index (κ3) is 5.98. The van der Waals surface area contributed by atoms with Gasteiger partial charge in [0.1, 0.15) is 31.1 Å². The summed E-state index contributed by atoms with van der Waals surface area (Å²) >= 11 is 6.02. The highest BCUT2D eigenvalue weighted by atomic mass is 35.5. The molecule has 0 aromatic heterocycles. The van der Waals surface area contributed by atoms with Crippen LogP contribution >= 0.6 is 11.6 Å². The molecule has 136 valence electrons. The molecule has 0 aliphatic rings. The molecule has 0 fully saturated rings. The maximum Gasteiger partial charge on any atom is 0.234 e. The van der Waals surface area contributed by atoms with Gasteiger partial charge in [-0.3, -0.25) is 4.79 Å². The first-order valence-corrected chi connectivity index (χ1v) is 8.62. The van der Waals surface area contributed by atoms with Crippen LogP contribution in [-0.2, 0) is 11.3 Å². The van der Waals surface area contributed by atoms with E-state index in [1.165, 1.54) is 11.1 Å². The Balaban J connectivity index is 1.89. The Bertz CT molecular complexity index is 815. The first kappa shape index (κ1) is 19.6. The maximum atomic E-state index is 11.5. The number of halogens is 1. The molecule has 0 atom stereocenters. The quantitative estimate of drug-likeness (QED) is 0.712. The van der Waals surface area contributed by atoms with E-state index >= 15 is 0 Å². The van der Waals surface area contributed by atoms with Gasteiger partial charge in [-0.25, -0.2) is 0 Å². The number of hydrogen-bond donors (Lipinski definition) is 1. The average molecular weight is 373 g/mol. The summed E-state index contributed by atoms with van der Waals surface area (Å²) in [6, 6.07) is 13.0. The minimum absolute atomic E-state index is 0.180. The fraction of sp³-hybridized carbons (Fsp3) is 0.300. The van der Waals surface area contributed by atoms with E-state index in [1.54, 1.807) is 18.2 Å². The van der Waals surface area contributed by atoms with Crippen LogP contribution in [0.25, 0.3) is 0 Å². The number of aryl methyl sites for hydroxylation is 2. The summed E-state index contributed by atoms with van der Waals surface area (Å²) in [5.74, 6) is 1.09. The van der Waals surface area contributed by atoms with Crippen molar-refractivity contribution >= 4 is 17.5 Å². The second-order valence-electron chi connectivity index (χ2n) is 5.81. The first-order valence-electron chi connectivity index (χ1n) is 8.24. The monoisotopic (exact) mass is 372 g/mol. The Morgan fingerprint density at radius 1 is 1.12 bits per heavy atom. The van der Waals surface area contributed by atoms with Crippen molar-refractivity contribution in [3.63, 3.8) is 0 Å². The Morgan fingerprint density at radius 3 is 2.62 bits per heavy atom. The predicted octanol–water partition coefficient (Wildman–Crippen LogP) is 3.94. The topological polar surface area (TPSA) is 71.3 Å². The second kappa shape index (κ2) is 9.69. The first-order chi connectivity index (χ1) is 12.5. The van der Waals surface area contributed by atoms with Gasteiger partial charge in [-0.05, 0) is 55.3 Å². The summed E-state index contributed by atoms with van der Waals surface area (Å²) < 4.78 is 11.5. The van der Waals surface area contributed by atoms with Gasteiger partial charge in [0.25, 0.3) is 0 Å². The number of carbonyl (C=O) groups is 1. The molecule has 0 heterocycles. The van der Waals surface area contributed by atoms with Gasteiger partial charge in [-0.2, -0.15) is 5.26 Å². The van der Waals surface area contributed by atoms with Gasteiger partial charge in [0.2, 0.25) is 5.91 Å². The van der Waals surface area contributed by atoms with E-state index in [0.29, 0.717) is 24.0 Å². The second-order valence-corrected chi connectivity index (χ2v) is 6.24. The van der Waals surface area contributed by atoms with E-state index in [4.69, 9.17) is 26.3 Å². The SMILES string of the molecule is Cc1ccc(OCCOc2ccc(Cl)cc2CNC(=O)CC#N)cc1C. The fourth-order valence-corrected chi connectivity index (χ4v) is 2.46. The number of benzene rings is 2. The molecule has 2 aromatic rings. The number of amides is 1. The van der Waals surface area contributed by atoms with E-state index < -0.39 is 0 Å². The van der Waals surface area contributed by atoms with Gasteiger partial charge in [0, 0.05) is 17.1 Å². The highest BCUT2D eigenvalue weighted by Crippen LogP contribution is 2.23. The van der Waals surface area contributed by atoms with E-state index in [9.17, 15) is 4.79 Å². The van der Waals surface area contributed by atoms with Gasteiger partial charge in [-0.15, -0.1) is 0 Å². The number of rotatable bonds is 8. The van der Waals surface area contributed by atoms with Crippen molar-refractivity contribution in [2.24, 2.45) is 0 Å². The normalized spacial score (nSPS) is 10.1. The summed E-state index contributed by atoms with van der Waals surface area (Å²) in [6.07, 6.45) is -0.180. The van der Waals surface area contributed by atoms with Crippen LogP contribution in [0.4, 0.5) is 0 Å². The third-order valence-corrected chi connectivity index (χ3v) is 4.06. The largest absolute Gasteiger partial charge is 0.490 e. The zero-order valence-corrected chi connectivity index (χ0v) is 15.6. The Hall–Kier alpha value is -2.71. The van der Waals surface area contributed by atoms with Crippen LogP contribution in [0.2, 0.25) is 5.02 Å². The fourth-order valence-electron chi connectivity index (χ4n) is 2.27. The van der Waals surface area contributed by atoms with Crippen LogP contribution in [0.1, 0.15) is 23.1 Å². The molecule has 2 aromatic carbocycles. The molecule has 0 aliphatic carbocycles. The summed E-state index contributed by atoms with van der Waals surface area (Å²) in [5, 5.41) is 11.7. The third-order valence-electron chi connectivity index (χ3n) is 3.83. The molecule has 0 saturated heterocycles. The van der Waals surface area contributed by atoms with E-state index in [0.717, 1.165) is 11.3 Å². The van der Waals surface area contributed by atoms with Crippen molar-refractivity contribution in [3.8, 4) is 17.6 Å². The molecule has 1 amide bonds. The summed E-state index contributed by atoms with van der Waals surface area (Å²) in [4.78, 5) is 11.5. The van der Waals surface area contributed by atoms with Crippen LogP contribution in [0.3, 0.4) is 0 Å². The van der Waals surface area contributed by atoms with E-state index in [2.05, 4.69) is 12.2 Å². The average Bonchev–Trinajstić information content (AvgIpc) is 2.61. The lowest BCUT2D eigenvalue weighted by Crippen LogP contribution is -2.22. The zero-order chi connectivity index (χ0) is 18.9. The zero-order valence-electron chi connectivity index (χ0n) is 14.8. The van der Waals surface area contributed by atoms with Crippen molar-refractivity contribution in [1.29, 1.82) is 5.26 Å². The standard InChI is InChI=1S/C20H21ClN2O3/c1-14-3-5-18(11-15(14)2)25-9-10-26-19-6-4-17(21)12-16(19)13-23-20(24)7-8-22/h3-6,11-12H,7,9-10,13H2,1-2H3,(H,23,24). The number of ether oxygens (including phenoxy) is 2. The minimum atomic E-state index is -0.337. The van der Waals surface area contributed by atoms with Crippen molar-refractivity contribution < 1.29 is 14.3 Å². The Morgan fingerprint density at radius 2 is 1.88 bits per heavy atom. The van der Waals surface area contributed by atoms with Crippen molar-refractivity contribution in [3.05, 3.63) is 58.1 Å². The lowest BCUT2D eigenvalue weighted by molar-refractivity contribution is -0.120. The summed E-state index contributed by atoms with van der Waals surface area (Å²) in [5.41, 5.74) is 3.14. The van der Waals surface area contributed by atoms with Gasteiger partial charge in [-0.1, -0.05) is 17.7 Å². The minimum Gasteiger partial charge on any atom is -0.490 e. The van der Waals surface area contributed by atoms with E-state index in [1.807, 2.05) is 31.2 Å². The van der Waals surface area contributed by atoms with Crippen LogP contribution in [0, 0.1) is 25.2 Å². The molecule has 26 heavy (non-hydrogen) atoms. The Labute approximate surface area is 158 Å². The molecule has 6 heteroatoms. The number of carbonyl (C=O) groups excluding carboxylic acids is 1. The van der Waals surface area contributed by atoms with Gasteiger partial charge in [0.15, 0.2) is 0 Å². The number of nitriles is 1. The van der Waals surface area contributed by atoms with Crippen LogP contribution in [0.5, 0.6) is 11.5 Å². The molecule has 0 saturated carbocycles. The predicted molar refractivity (Wildman–Crippen MR) is 100 cm³/mol. The molecular weight excluding hydrogens is 352 g/mol. The van der Waals surface area contributed by atoms with Crippen molar-refractivity contribution in [2.75, 3.05) is 13.2 Å². The summed E-state index contributed by atoms with van der Waals surface area (Å²) in [7, 11) is 0. The lowest BCUT2D eigenvalue weighted by atomic mass is 10.1.